The molecule has 1 fully saturated rings. The molecule has 1 heteroatoms. The molecule has 0 amide bonds. The highest BCUT2D eigenvalue weighted by Crippen LogP contribution is 2.42. The molecule has 0 N–H and O–H groups in total. The minimum atomic E-state index is 0.153. The fourth-order valence-electron chi connectivity index (χ4n) is 1.74. The van der Waals surface area contributed by atoms with Crippen molar-refractivity contribution in [1.82, 2.24) is 0 Å². The lowest BCUT2D eigenvalue weighted by Crippen LogP contribution is -1.92. The van der Waals surface area contributed by atoms with Crippen LogP contribution in [0.3, 0.4) is 0 Å². The second kappa shape index (κ2) is 4.01. The van der Waals surface area contributed by atoms with Crippen LogP contribution in [0, 0.1) is 0 Å². The number of carbonyl (C=O) groups excluding carboxylic acids is 1. The van der Waals surface area contributed by atoms with Crippen molar-refractivity contribution in [2.24, 2.45) is 0 Å². The molecular weight excluding hydrogens is 184 g/mol. The number of carbonyl (C=O) groups is 1. The third-order valence-corrected chi connectivity index (χ3v) is 2.94. The van der Waals surface area contributed by atoms with Gasteiger partial charge in [-0.15, -0.1) is 0 Å². The molecule has 0 bridgehead atoms. The van der Waals surface area contributed by atoms with Crippen LogP contribution < -0.4 is 0 Å². The number of hydrogen-bond donors (Lipinski definition) is 0. The van der Waals surface area contributed by atoms with Gasteiger partial charge in [-0.25, -0.2) is 0 Å². The van der Waals surface area contributed by atoms with E-state index in [1.165, 1.54) is 24.0 Å². The minimum absolute atomic E-state index is 0.153. The van der Waals surface area contributed by atoms with Crippen LogP contribution in [-0.4, -0.2) is 5.78 Å². The molecule has 0 atom stereocenters. The normalized spacial score (nSPS) is 16.5. The Bertz CT molecular complexity index is 411. The van der Waals surface area contributed by atoms with E-state index in [0.717, 1.165) is 11.5 Å². The molecule has 1 aromatic carbocycles. The second-order valence-corrected chi connectivity index (χ2v) is 4.29. The van der Waals surface area contributed by atoms with Crippen molar-refractivity contribution >= 4 is 11.9 Å². The standard InChI is InChI=1S/C14H16O/c1-10(11(2)15)9-13-5-3-4-6-14(13)12-7-8-12/h3-6,9,12H,7-8H2,1-2H3/b10-9+. The van der Waals surface area contributed by atoms with E-state index in [9.17, 15) is 4.79 Å². The number of rotatable bonds is 3. The molecule has 78 valence electrons. The topological polar surface area (TPSA) is 17.1 Å². The highest BCUT2D eigenvalue weighted by Gasteiger charge is 2.24. The average molecular weight is 200 g/mol. The van der Waals surface area contributed by atoms with Crippen LogP contribution in [0.1, 0.15) is 43.7 Å². The third-order valence-electron chi connectivity index (χ3n) is 2.94. The number of benzene rings is 1. The van der Waals surface area contributed by atoms with Crippen LogP contribution >= 0.6 is 0 Å². The zero-order chi connectivity index (χ0) is 10.8. The molecule has 1 nitrogen and oxygen atoms in total. The first kappa shape index (κ1) is 10.2. The minimum Gasteiger partial charge on any atom is -0.295 e. The molecular formula is C14H16O. The molecule has 2 rings (SSSR count). The van der Waals surface area contributed by atoms with Gasteiger partial charge < -0.3 is 0 Å². The van der Waals surface area contributed by atoms with Crippen molar-refractivity contribution in [1.29, 1.82) is 0 Å². The Morgan fingerprint density at radius 1 is 1.27 bits per heavy atom. The van der Waals surface area contributed by atoms with Gasteiger partial charge in [-0.1, -0.05) is 24.3 Å². The summed E-state index contributed by atoms with van der Waals surface area (Å²) in [4.78, 5) is 11.2. The van der Waals surface area contributed by atoms with Gasteiger partial charge in [0.2, 0.25) is 0 Å². The lowest BCUT2D eigenvalue weighted by Gasteiger charge is -2.04. The maximum Gasteiger partial charge on any atom is 0.155 e. The highest BCUT2D eigenvalue weighted by atomic mass is 16.1. The second-order valence-electron chi connectivity index (χ2n) is 4.29. The van der Waals surface area contributed by atoms with Gasteiger partial charge in [-0.2, -0.15) is 0 Å². The summed E-state index contributed by atoms with van der Waals surface area (Å²) in [6.07, 6.45) is 4.60. The first-order chi connectivity index (χ1) is 7.18. The lowest BCUT2D eigenvalue weighted by molar-refractivity contribution is -0.113. The summed E-state index contributed by atoms with van der Waals surface area (Å²) in [5.74, 6) is 0.887. The first-order valence-electron chi connectivity index (χ1n) is 5.46. The number of Topliss-reactive ketones (excluding diaryl/α,β-unsaturated/α-hetero) is 1. The summed E-state index contributed by atoms with van der Waals surface area (Å²) < 4.78 is 0. The Morgan fingerprint density at radius 3 is 2.53 bits per heavy atom. The molecule has 0 heterocycles. The van der Waals surface area contributed by atoms with Gasteiger partial charge >= 0.3 is 0 Å². The van der Waals surface area contributed by atoms with E-state index in [1.54, 1.807) is 6.92 Å². The SMILES string of the molecule is CC(=O)/C(C)=C/c1ccccc1C1CC1. The quantitative estimate of drug-likeness (QED) is 0.682. The van der Waals surface area contributed by atoms with Crippen molar-refractivity contribution in [2.75, 3.05) is 0 Å². The summed E-state index contributed by atoms with van der Waals surface area (Å²) in [6, 6.07) is 8.39. The largest absolute Gasteiger partial charge is 0.295 e. The highest BCUT2D eigenvalue weighted by molar-refractivity contribution is 5.97. The van der Waals surface area contributed by atoms with Crippen LogP contribution in [-0.2, 0) is 4.79 Å². The van der Waals surface area contributed by atoms with Gasteiger partial charge in [0.15, 0.2) is 5.78 Å². The lowest BCUT2D eigenvalue weighted by atomic mass is 10.0. The molecule has 0 radical (unpaired) electrons. The smallest absolute Gasteiger partial charge is 0.155 e. The first-order valence-corrected chi connectivity index (χ1v) is 5.46. The van der Waals surface area contributed by atoms with Crippen molar-refractivity contribution < 1.29 is 4.79 Å². The number of allylic oxidation sites excluding steroid dienone is 1. The molecule has 0 unspecified atom stereocenters. The number of ketones is 1. The average Bonchev–Trinajstić information content (AvgIpc) is 3.02. The maximum atomic E-state index is 11.2. The predicted molar refractivity (Wildman–Crippen MR) is 62.7 cm³/mol. The Morgan fingerprint density at radius 2 is 1.93 bits per heavy atom. The Balaban J connectivity index is 2.35. The van der Waals surface area contributed by atoms with E-state index in [2.05, 4.69) is 18.2 Å². The summed E-state index contributed by atoms with van der Waals surface area (Å²) in [5, 5.41) is 0. The third kappa shape index (κ3) is 2.35. The van der Waals surface area contributed by atoms with Gasteiger partial charge in [0.1, 0.15) is 0 Å². The zero-order valence-electron chi connectivity index (χ0n) is 9.29. The molecule has 0 aromatic heterocycles. The molecule has 1 aliphatic rings. The molecule has 0 aliphatic heterocycles. The molecule has 0 saturated heterocycles. The van der Waals surface area contributed by atoms with Crippen LogP contribution in [0.25, 0.3) is 6.08 Å². The van der Waals surface area contributed by atoms with Crippen molar-refractivity contribution in [3.63, 3.8) is 0 Å². The van der Waals surface area contributed by atoms with Crippen LogP contribution in [0.15, 0.2) is 29.8 Å². The van der Waals surface area contributed by atoms with E-state index < -0.39 is 0 Å². The summed E-state index contributed by atoms with van der Waals surface area (Å²) in [5.41, 5.74) is 3.45. The van der Waals surface area contributed by atoms with Crippen molar-refractivity contribution in [2.45, 2.75) is 32.6 Å². The Kier molecular flexibility index (Phi) is 2.72. The van der Waals surface area contributed by atoms with E-state index in [1.807, 2.05) is 19.1 Å². The molecule has 1 aromatic rings. The van der Waals surface area contributed by atoms with Crippen LogP contribution in [0.5, 0.6) is 0 Å². The molecule has 15 heavy (non-hydrogen) atoms. The zero-order valence-corrected chi connectivity index (χ0v) is 9.29. The van der Waals surface area contributed by atoms with Gasteiger partial charge in [0.05, 0.1) is 0 Å². The van der Waals surface area contributed by atoms with E-state index >= 15 is 0 Å². The summed E-state index contributed by atoms with van der Waals surface area (Å²) >= 11 is 0. The summed E-state index contributed by atoms with van der Waals surface area (Å²) in [6.45, 7) is 3.50. The summed E-state index contributed by atoms with van der Waals surface area (Å²) in [7, 11) is 0. The van der Waals surface area contributed by atoms with Gasteiger partial charge in [-0.3, -0.25) is 4.79 Å². The molecule has 1 aliphatic carbocycles. The maximum absolute atomic E-state index is 11.2. The van der Waals surface area contributed by atoms with Gasteiger partial charge in [-0.05, 0) is 55.4 Å². The van der Waals surface area contributed by atoms with Crippen LogP contribution in [0.4, 0.5) is 0 Å². The Hall–Kier alpha value is -1.37. The van der Waals surface area contributed by atoms with Gasteiger partial charge in [0, 0.05) is 0 Å². The van der Waals surface area contributed by atoms with Crippen molar-refractivity contribution in [3.05, 3.63) is 41.0 Å². The molecule has 0 spiro atoms. The molecule has 1 saturated carbocycles. The fourth-order valence-corrected chi connectivity index (χ4v) is 1.74. The van der Waals surface area contributed by atoms with E-state index in [-0.39, 0.29) is 5.78 Å². The van der Waals surface area contributed by atoms with Crippen LogP contribution in [0.2, 0.25) is 0 Å². The monoisotopic (exact) mass is 200 g/mol. The Labute approximate surface area is 90.8 Å². The number of hydrogen-bond acceptors (Lipinski definition) is 1. The predicted octanol–water partition coefficient (Wildman–Crippen LogP) is 3.56. The van der Waals surface area contributed by atoms with E-state index in [4.69, 9.17) is 0 Å². The fraction of sp³-hybridized carbons (Fsp3) is 0.357. The van der Waals surface area contributed by atoms with Gasteiger partial charge in [0.25, 0.3) is 0 Å². The van der Waals surface area contributed by atoms with E-state index in [0.29, 0.717) is 0 Å². The van der Waals surface area contributed by atoms with Crippen molar-refractivity contribution in [3.8, 4) is 0 Å².